The molecule has 4 nitrogen and oxygen atoms in total. The minimum Gasteiger partial charge on any atom is -0.327 e. The van der Waals surface area contributed by atoms with E-state index in [9.17, 15) is 4.79 Å². The van der Waals surface area contributed by atoms with Gasteiger partial charge in [-0.3, -0.25) is 9.69 Å². The Labute approximate surface area is 122 Å². The standard InChI is InChI=1S/C14H20BrN3O/c1-10-7-11(15)4-5-13(10)17-14(19)9-18-6-2-3-12(16)8-18/h4-5,7,12H,2-3,6,8-9,16H2,1H3,(H,17,19)/t12-/m1/s1. The zero-order valence-corrected chi connectivity index (χ0v) is 12.7. The predicted octanol–water partition coefficient (Wildman–Crippen LogP) is 2.12. The van der Waals surface area contributed by atoms with Crippen LogP contribution in [-0.4, -0.2) is 36.5 Å². The van der Waals surface area contributed by atoms with Gasteiger partial charge in [0.05, 0.1) is 6.54 Å². The van der Waals surface area contributed by atoms with E-state index in [4.69, 9.17) is 5.73 Å². The van der Waals surface area contributed by atoms with E-state index in [1.165, 1.54) is 0 Å². The lowest BCUT2D eigenvalue weighted by Gasteiger charge is -2.30. The molecule has 1 saturated heterocycles. The van der Waals surface area contributed by atoms with Crippen LogP contribution in [0.25, 0.3) is 0 Å². The summed E-state index contributed by atoms with van der Waals surface area (Å²) in [5, 5.41) is 2.96. The van der Waals surface area contributed by atoms with E-state index in [1.54, 1.807) is 0 Å². The fourth-order valence-electron chi connectivity index (χ4n) is 2.40. The van der Waals surface area contributed by atoms with Crippen molar-refractivity contribution in [1.29, 1.82) is 0 Å². The normalized spacial score (nSPS) is 20.3. The molecule has 1 aromatic rings. The molecular weight excluding hydrogens is 306 g/mol. The van der Waals surface area contributed by atoms with Crippen molar-refractivity contribution in [2.75, 3.05) is 25.0 Å². The predicted molar refractivity (Wildman–Crippen MR) is 81.2 cm³/mol. The number of aryl methyl sites for hydroxylation is 1. The Morgan fingerprint density at radius 3 is 3.05 bits per heavy atom. The van der Waals surface area contributed by atoms with Gasteiger partial charge < -0.3 is 11.1 Å². The molecule has 1 aliphatic heterocycles. The number of anilines is 1. The largest absolute Gasteiger partial charge is 0.327 e. The minimum absolute atomic E-state index is 0.0273. The molecule has 0 unspecified atom stereocenters. The molecule has 1 heterocycles. The van der Waals surface area contributed by atoms with Crippen LogP contribution in [0.15, 0.2) is 22.7 Å². The van der Waals surface area contributed by atoms with Crippen LogP contribution in [-0.2, 0) is 4.79 Å². The number of carbonyl (C=O) groups is 1. The molecule has 0 spiro atoms. The van der Waals surface area contributed by atoms with Crippen molar-refractivity contribution >= 4 is 27.5 Å². The van der Waals surface area contributed by atoms with Gasteiger partial charge in [-0.1, -0.05) is 15.9 Å². The summed E-state index contributed by atoms with van der Waals surface area (Å²) in [6.45, 7) is 4.17. The summed E-state index contributed by atoms with van der Waals surface area (Å²) in [7, 11) is 0. The second-order valence-electron chi connectivity index (χ2n) is 5.14. The van der Waals surface area contributed by atoms with E-state index >= 15 is 0 Å². The molecule has 1 atom stereocenters. The summed E-state index contributed by atoms with van der Waals surface area (Å²) in [5.74, 6) is 0.0273. The van der Waals surface area contributed by atoms with Gasteiger partial charge in [-0.25, -0.2) is 0 Å². The molecular formula is C14H20BrN3O. The van der Waals surface area contributed by atoms with E-state index in [1.807, 2.05) is 25.1 Å². The third kappa shape index (κ3) is 4.30. The summed E-state index contributed by atoms with van der Waals surface area (Å²) in [5.41, 5.74) is 7.84. The molecule has 0 saturated carbocycles. The Morgan fingerprint density at radius 2 is 2.37 bits per heavy atom. The van der Waals surface area contributed by atoms with Crippen LogP contribution >= 0.6 is 15.9 Å². The average molecular weight is 326 g/mol. The SMILES string of the molecule is Cc1cc(Br)ccc1NC(=O)CN1CCC[C@@H](N)C1. The molecule has 0 aliphatic carbocycles. The van der Waals surface area contributed by atoms with Crippen molar-refractivity contribution in [3.8, 4) is 0 Å². The fourth-order valence-corrected chi connectivity index (χ4v) is 2.87. The van der Waals surface area contributed by atoms with Gasteiger partial charge in [-0.15, -0.1) is 0 Å². The van der Waals surface area contributed by atoms with Crippen LogP contribution in [0.4, 0.5) is 5.69 Å². The lowest BCUT2D eigenvalue weighted by Crippen LogP contribution is -2.45. The van der Waals surface area contributed by atoms with Crippen LogP contribution in [0.2, 0.25) is 0 Å². The van der Waals surface area contributed by atoms with Gasteiger partial charge >= 0.3 is 0 Å². The Hall–Kier alpha value is -0.910. The van der Waals surface area contributed by atoms with E-state index < -0.39 is 0 Å². The molecule has 104 valence electrons. The zero-order valence-electron chi connectivity index (χ0n) is 11.2. The summed E-state index contributed by atoms with van der Waals surface area (Å²) in [6, 6.07) is 6.04. The molecule has 1 fully saturated rings. The maximum atomic E-state index is 12.0. The maximum Gasteiger partial charge on any atom is 0.238 e. The second-order valence-corrected chi connectivity index (χ2v) is 6.06. The van der Waals surface area contributed by atoms with Crippen molar-refractivity contribution < 1.29 is 4.79 Å². The summed E-state index contributed by atoms with van der Waals surface area (Å²) < 4.78 is 1.02. The maximum absolute atomic E-state index is 12.0. The number of hydrogen-bond donors (Lipinski definition) is 2. The Kier molecular flexibility index (Phi) is 4.96. The lowest BCUT2D eigenvalue weighted by atomic mass is 10.1. The quantitative estimate of drug-likeness (QED) is 0.894. The van der Waals surface area contributed by atoms with E-state index in [0.29, 0.717) is 6.54 Å². The molecule has 0 bridgehead atoms. The second kappa shape index (κ2) is 6.50. The zero-order chi connectivity index (χ0) is 13.8. The highest BCUT2D eigenvalue weighted by atomic mass is 79.9. The van der Waals surface area contributed by atoms with Gasteiger partial charge in [0.2, 0.25) is 5.91 Å². The van der Waals surface area contributed by atoms with E-state index in [0.717, 1.165) is 41.7 Å². The smallest absolute Gasteiger partial charge is 0.238 e. The molecule has 0 aromatic heterocycles. The number of hydrogen-bond acceptors (Lipinski definition) is 3. The number of benzene rings is 1. The Bertz CT molecular complexity index is 464. The number of piperidine rings is 1. The van der Waals surface area contributed by atoms with Gasteiger partial charge in [0.25, 0.3) is 0 Å². The third-order valence-electron chi connectivity index (χ3n) is 3.37. The number of carbonyl (C=O) groups excluding carboxylic acids is 1. The topological polar surface area (TPSA) is 58.4 Å². The summed E-state index contributed by atoms with van der Waals surface area (Å²) >= 11 is 3.41. The molecule has 1 amide bonds. The minimum atomic E-state index is 0.0273. The molecule has 19 heavy (non-hydrogen) atoms. The van der Waals surface area contributed by atoms with Crippen LogP contribution in [0.5, 0.6) is 0 Å². The van der Waals surface area contributed by atoms with Crippen molar-refractivity contribution in [3.63, 3.8) is 0 Å². The molecule has 3 N–H and O–H groups in total. The van der Waals surface area contributed by atoms with E-state index in [2.05, 4.69) is 26.1 Å². The Balaban J connectivity index is 1.90. The highest BCUT2D eigenvalue weighted by molar-refractivity contribution is 9.10. The summed E-state index contributed by atoms with van der Waals surface area (Å²) in [6.07, 6.45) is 2.13. The first kappa shape index (κ1) is 14.5. The van der Waals surface area contributed by atoms with Crippen LogP contribution < -0.4 is 11.1 Å². The molecule has 0 radical (unpaired) electrons. The summed E-state index contributed by atoms with van der Waals surface area (Å²) in [4.78, 5) is 14.1. The van der Waals surface area contributed by atoms with Crippen LogP contribution in [0.3, 0.4) is 0 Å². The first-order chi connectivity index (χ1) is 9.04. The third-order valence-corrected chi connectivity index (χ3v) is 3.86. The van der Waals surface area contributed by atoms with Crippen molar-refractivity contribution in [3.05, 3.63) is 28.2 Å². The number of nitrogens with zero attached hydrogens (tertiary/aromatic N) is 1. The first-order valence-corrected chi connectivity index (χ1v) is 7.38. The molecule has 2 rings (SSSR count). The van der Waals surface area contributed by atoms with Crippen LogP contribution in [0, 0.1) is 6.92 Å². The van der Waals surface area contributed by atoms with Crippen molar-refractivity contribution in [2.24, 2.45) is 5.73 Å². The number of nitrogens with one attached hydrogen (secondary N) is 1. The van der Waals surface area contributed by atoms with Crippen molar-refractivity contribution in [2.45, 2.75) is 25.8 Å². The van der Waals surface area contributed by atoms with Crippen molar-refractivity contribution in [1.82, 2.24) is 4.90 Å². The average Bonchev–Trinajstić information content (AvgIpc) is 2.33. The molecule has 1 aromatic carbocycles. The highest BCUT2D eigenvalue weighted by Gasteiger charge is 2.18. The number of amides is 1. The number of halogens is 1. The lowest BCUT2D eigenvalue weighted by molar-refractivity contribution is -0.117. The highest BCUT2D eigenvalue weighted by Crippen LogP contribution is 2.20. The van der Waals surface area contributed by atoms with Gasteiger partial charge in [-0.05, 0) is 50.1 Å². The van der Waals surface area contributed by atoms with Gasteiger partial charge in [0, 0.05) is 22.7 Å². The number of likely N-dealkylation sites (tertiary alicyclic amines) is 1. The molecule has 1 aliphatic rings. The molecule has 5 heteroatoms. The van der Waals surface area contributed by atoms with Gasteiger partial charge in [-0.2, -0.15) is 0 Å². The van der Waals surface area contributed by atoms with Gasteiger partial charge in [0.1, 0.15) is 0 Å². The fraction of sp³-hybridized carbons (Fsp3) is 0.500. The number of rotatable bonds is 3. The van der Waals surface area contributed by atoms with E-state index in [-0.39, 0.29) is 11.9 Å². The Morgan fingerprint density at radius 1 is 1.58 bits per heavy atom. The van der Waals surface area contributed by atoms with Gasteiger partial charge in [0.15, 0.2) is 0 Å². The monoisotopic (exact) mass is 325 g/mol. The number of nitrogens with two attached hydrogens (primary N) is 1. The van der Waals surface area contributed by atoms with Crippen LogP contribution in [0.1, 0.15) is 18.4 Å². The first-order valence-electron chi connectivity index (χ1n) is 6.58.